The van der Waals surface area contributed by atoms with E-state index in [1.807, 2.05) is 13.0 Å². The van der Waals surface area contributed by atoms with Gasteiger partial charge >= 0.3 is 11.9 Å². The Bertz CT molecular complexity index is 1190. The number of rotatable bonds is 8. The molecule has 1 unspecified atom stereocenters. The second kappa shape index (κ2) is 10.5. The Morgan fingerprint density at radius 2 is 1.82 bits per heavy atom. The summed E-state index contributed by atoms with van der Waals surface area (Å²) in [5.74, 6) is -1.84. The van der Waals surface area contributed by atoms with Gasteiger partial charge in [0.25, 0.3) is 0 Å². The SMILES string of the molecule is C=C1C(=C)[C@@]2(C)C(=CC1=O)C(Cl)=C[C@@H]1[C@@H]2CC[C@@]2(C)[C@H]1C(OC(=O)CCCCCC)C[C@]2(OC(C)=O)C(C)=O. The van der Waals surface area contributed by atoms with Crippen molar-refractivity contribution in [2.24, 2.45) is 28.6 Å². The van der Waals surface area contributed by atoms with E-state index in [1.165, 1.54) is 13.8 Å². The zero-order chi connectivity index (χ0) is 28.9. The molecule has 0 aliphatic heterocycles. The number of Topliss-reactive ketones (excluding diaryl/α,β-unsaturated/α-hetero) is 1. The summed E-state index contributed by atoms with van der Waals surface area (Å²) in [4.78, 5) is 51.4. The van der Waals surface area contributed by atoms with Gasteiger partial charge in [0, 0.05) is 47.1 Å². The van der Waals surface area contributed by atoms with E-state index in [4.69, 9.17) is 21.1 Å². The molecule has 4 rings (SSSR count). The number of halogens is 1. The predicted molar refractivity (Wildman–Crippen MR) is 150 cm³/mol. The lowest BCUT2D eigenvalue weighted by Gasteiger charge is -2.58. The predicted octanol–water partition coefficient (Wildman–Crippen LogP) is 6.58. The van der Waals surface area contributed by atoms with Gasteiger partial charge in [0.1, 0.15) is 6.10 Å². The zero-order valence-corrected chi connectivity index (χ0v) is 24.6. The van der Waals surface area contributed by atoms with Crippen molar-refractivity contribution in [3.8, 4) is 0 Å². The van der Waals surface area contributed by atoms with Crippen LogP contribution >= 0.6 is 11.6 Å². The summed E-state index contributed by atoms with van der Waals surface area (Å²) in [7, 11) is 0. The molecule has 0 radical (unpaired) electrons. The van der Waals surface area contributed by atoms with Gasteiger partial charge in [-0.25, -0.2) is 0 Å². The molecular weight excluding hydrogens is 516 g/mol. The van der Waals surface area contributed by atoms with Crippen molar-refractivity contribution in [2.45, 2.75) is 97.7 Å². The first-order valence-electron chi connectivity index (χ1n) is 14.2. The van der Waals surface area contributed by atoms with Gasteiger partial charge in [0.2, 0.25) is 0 Å². The minimum atomic E-state index is -1.41. The molecule has 0 bridgehead atoms. The molecule has 0 heterocycles. The third-order valence-corrected chi connectivity index (χ3v) is 10.6. The Hall–Kier alpha value is -2.47. The largest absolute Gasteiger partial charge is 0.462 e. The highest BCUT2D eigenvalue weighted by molar-refractivity contribution is 6.33. The van der Waals surface area contributed by atoms with E-state index in [0.717, 1.165) is 31.3 Å². The molecule has 2 fully saturated rings. The van der Waals surface area contributed by atoms with Gasteiger partial charge < -0.3 is 9.47 Å². The molecule has 0 spiro atoms. The molecular formula is C32H41ClO6. The van der Waals surface area contributed by atoms with Crippen LogP contribution in [-0.4, -0.2) is 35.2 Å². The minimum Gasteiger partial charge on any atom is -0.462 e. The smallest absolute Gasteiger partial charge is 0.306 e. The fourth-order valence-electron chi connectivity index (χ4n) is 8.21. The lowest BCUT2D eigenvalue weighted by Crippen LogP contribution is -2.58. The first-order chi connectivity index (χ1) is 18.2. The van der Waals surface area contributed by atoms with Crippen LogP contribution in [-0.2, 0) is 28.7 Å². The molecule has 0 aromatic carbocycles. The van der Waals surface area contributed by atoms with Gasteiger partial charge in [0.15, 0.2) is 17.2 Å². The number of ketones is 2. The van der Waals surface area contributed by atoms with E-state index in [-0.39, 0.29) is 41.7 Å². The van der Waals surface area contributed by atoms with Crippen LogP contribution in [0.3, 0.4) is 0 Å². The third-order valence-electron chi connectivity index (χ3n) is 10.3. The molecule has 212 valence electrons. The lowest BCUT2D eigenvalue weighted by molar-refractivity contribution is -0.185. The van der Waals surface area contributed by atoms with Gasteiger partial charge in [-0.05, 0) is 55.2 Å². The van der Waals surface area contributed by atoms with Crippen LogP contribution in [0.5, 0.6) is 0 Å². The molecule has 0 saturated heterocycles. The fraction of sp³-hybridized carbons (Fsp3) is 0.625. The number of carbonyl (C=O) groups excluding carboxylic acids is 4. The van der Waals surface area contributed by atoms with Gasteiger partial charge in [-0.15, -0.1) is 0 Å². The molecule has 4 aliphatic rings. The van der Waals surface area contributed by atoms with Crippen LogP contribution in [0, 0.1) is 28.6 Å². The van der Waals surface area contributed by atoms with Crippen LogP contribution in [0.25, 0.3) is 0 Å². The van der Waals surface area contributed by atoms with Crippen molar-refractivity contribution in [3.63, 3.8) is 0 Å². The fourth-order valence-corrected chi connectivity index (χ4v) is 8.60. The Kier molecular flexibility index (Phi) is 7.94. The first-order valence-corrected chi connectivity index (χ1v) is 14.5. The number of carbonyl (C=O) groups is 4. The average Bonchev–Trinajstić information content (AvgIpc) is 3.10. The number of ether oxygens (including phenoxy) is 2. The number of hydrogen-bond acceptors (Lipinski definition) is 6. The normalized spacial score (nSPS) is 37.2. The first kappa shape index (κ1) is 29.5. The van der Waals surface area contributed by atoms with Gasteiger partial charge in [0.05, 0.1) is 0 Å². The summed E-state index contributed by atoms with van der Waals surface area (Å²) in [5.41, 5.74) is -1.08. The van der Waals surface area contributed by atoms with E-state index in [2.05, 4.69) is 27.0 Å². The Balaban J connectivity index is 1.81. The van der Waals surface area contributed by atoms with E-state index < -0.39 is 28.5 Å². The molecule has 2 saturated carbocycles. The Morgan fingerprint density at radius 1 is 1.13 bits per heavy atom. The van der Waals surface area contributed by atoms with Gasteiger partial charge in [-0.1, -0.05) is 70.9 Å². The molecule has 7 heteroatoms. The molecule has 0 aromatic rings. The third kappa shape index (κ3) is 4.47. The van der Waals surface area contributed by atoms with Gasteiger partial charge in [-0.3, -0.25) is 19.2 Å². The van der Waals surface area contributed by atoms with Crippen molar-refractivity contribution >= 4 is 35.1 Å². The second-order valence-electron chi connectivity index (χ2n) is 12.3. The summed E-state index contributed by atoms with van der Waals surface area (Å²) in [6, 6.07) is 0. The van der Waals surface area contributed by atoms with E-state index in [1.54, 1.807) is 6.08 Å². The number of fused-ring (bicyclic) bond motifs is 5. The second-order valence-corrected chi connectivity index (χ2v) is 12.7. The Labute approximate surface area is 236 Å². The summed E-state index contributed by atoms with van der Waals surface area (Å²) in [5, 5.41) is 0.461. The van der Waals surface area contributed by atoms with E-state index >= 15 is 0 Å². The molecule has 0 amide bonds. The van der Waals surface area contributed by atoms with Crippen molar-refractivity contribution < 1.29 is 28.7 Å². The van der Waals surface area contributed by atoms with Crippen LogP contribution in [0.15, 0.2) is 47.1 Å². The Morgan fingerprint density at radius 3 is 2.44 bits per heavy atom. The molecule has 4 aliphatic carbocycles. The topological polar surface area (TPSA) is 86.7 Å². The average molecular weight is 557 g/mol. The minimum absolute atomic E-state index is 0.0208. The summed E-state index contributed by atoms with van der Waals surface area (Å²) < 4.78 is 12.1. The maximum absolute atomic E-state index is 13.4. The number of unbranched alkanes of at least 4 members (excludes halogenated alkanes) is 3. The van der Waals surface area contributed by atoms with Crippen molar-refractivity contribution in [1.29, 1.82) is 0 Å². The lowest BCUT2D eigenvalue weighted by atomic mass is 9.46. The number of hydrogen-bond donors (Lipinski definition) is 0. The van der Waals surface area contributed by atoms with Crippen molar-refractivity contribution in [2.75, 3.05) is 0 Å². The van der Waals surface area contributed by atoms with E-state index in [9.17, 15) is 19.2 Å². The number of allylic oxidation sites excluding steroid dienone is 6. The molecule has 0 N–H and O–H groups in total. The van der Waals surface area contributed by atoms with E-state index in [0.29, 0.717) is 35.4 Å². The number of esters is 2. The monoisotopic (exact) mass is 556 g/mol. The highest BCUT2D eigenvalue weighted by Crippen LogP contribution is 2.69. The standard InChI is InChI=1S/C32H41ClO6/c1-8-9-10-11-12-28(37)38-27-17-32(20(4)34,39-21(5)35)30(6)14-13-23-22(29(27)30)15-25(33)24-16-26(36)18(2)19(3)31(23,24)7/h15-16,22-23,27,29H,2-3,8-14,17H2,1,4-7H3/t22-,23+,27?,29-,30+,31-,32+/m1/s1. The molecule has 0 aromatic heterocycles. The van der Waals surface area contributed by atoms with Gasteiger partial charge in [-0.2, -0.15) is 0 Å². The maximum Gasteiger partial charge on any atom is 0.306 e. The summed E-state index contributed by atoms with van der Waals surface area (Å²) in [6.07, 6.45) is 8.36. The molecule has 6 nitrogen and oxygen atoms in total. The quantitative estimate of drug-likeness (QED) is 0.191. The van der Waals surface area contributed by atoms with Crippen LogP contribution in [0.1, 0.15) is 86.0 Å². The van der Waals surface area contributed by atoms with Crippen LogP contribution in [0.2, 0.25) is 0 Å². The molecule has 39 heavy (non-hydrogen) atoms. The maximum atomic E-state index is 13.4. The highest BCUT2D eigenvalue weighted by atomic mass is 35.5. The zero-order valence-electron chi connectivity index (χ0n) is 23.9. The molecule has 7 atom stereocenters. The van der Waals surface area contributed by atoms with Crippen LogP contribution in [0.4, 0.5) is 0 Å². The summed E-state index contributed by atoms with van der Waals surface area (Å²) >= 11 is 6.89. The van der Waals surface area contributed by atoms with Crippen molar-refractivity contribution in [3.05, 3.63) is 47.1 Å². The summed E-state index contributed by atoms with van der Waals surface area (Å²) in [6.45, 7) is 17.2. The van der Waals surface area contributed by atoms with Crippen LogP contribution < -0.4 is 0 Å². The highest BCUT2D eigenvalue weighted by Gasteiger charge is 2.72. The van der Waals surface area contributed by atoms with Crippen molar-refractivity contribution in [1.82, 2.24) is 0 Å².